The summed E-state index contributed by atoms with van der Waals surface area (Å²) in [7, 11) is 3.62. The lowest BCUT2D eigenvalue weighted by atomic mass is 9.94. The highest BCUT2D eigenvalue weighted by Gasteiger charge is 2.36. The highest BCUT2D eigenvalue weighted by atomic mass is 16.4. The summed E-state index contributed by atoms with van der Waals surface area (Å²) in [4.78, 5) is 28.7. The van der Waals surface area contributed by atoms with Crippen LogP contribution in [-0.2, 0) is 4.79 Å². The minimum absolute atomic E-state index is 0.0138. The maximum atomic E-state index is 12.3. The zero-order valence-corrected chi connectivity index (χ0v) is 12.4. The first-order valence-electron chi connectivity index (χ1n) is 7.45. The first kappa shape index (κ1) is 15.1. The fourth-order valence-corrected chi connectivity index (χ4v) is 3.34. The van der Waals surface area contributed by atoms with Crippen LogP contribution in [0.25, 0.3) is 0 Å². The zero-order valence-electron chi connectivity index (χ0n) is 12.4. The SMILES string of the molecule is CN(C)C(=O)[C@H]1CCCCN1C1CCN(C(=O)O)CC1. The first-order valence-corrected chi connectivity index (χ1v) is 7.45. The molecule has 2 saturated heterocycles. The number of likely N-dealkylation sites (N-methyl/N-ethyl adjacent to an activating group) is 1. The van der Waals surface area contributed by atoms with Gasteiger partial charge in [-0.2, -0.15) is 0 Å². The molecule has 2 rings (SSSR count). The molecule has 0 aromatic rings. The van der Waals surface area contributed by atoms with Gasteiger partial charge in [0.2, 0.25) is 5.91 Å². The van der Waals surface area contributed by atoms with E-state index in [-0.39, 0.29) is 11.9 Å². The van der Waals surface area contributed by atoms with Gasteiger partial charge in [0.25, 0.3) is 0 Å². The summed E-state index contributed by atoms with van der Waals surface area (Å²) in [5.74, 6) is 0.186. The molecular formula is C14H25N3O3. The molecule has 2 aliphatic heterocycles. The third-order valence-electron chi connectivity index (χ3n) is 4.47. The lowest BCUT2D eigenvalue weighted by Crippen LogP contribution is -2.56. The lowest BCUT2D eigenvalue weighted by molar-refractivity contribution is -0.137. The Morgan fingerprint density at radius 3 is 2.25 bits per heavy atom. The number of nitrogens with zero attached hydrogens (tertiary/aromatic N) is 3. The molecule has 2 fully saturated rings. The summed E-state index contributed by atoms with van der Waals surface area (Å²) in [6.45, 7) is 2.13. The van der Waals surface area contributed by atoms with Gasteiger partial charge in [-0.3, -0.25) is 9.69 Å². The number of carbonyl (C=O) groups is 2. The molecule has 0 saturated carbocycles. The summed E-state index contributed by atoms with van der Waals surface area (Å²) >= 11 is 0. The molecule has 114 valence electrons. The van der Waals surface area contributed by atoms with E-state index in [0.29, 0.717) is 19.1 Å². The molecule has 2 aliphatic rings. The van der Waals surface area contributed by atoms with E-state index in [1.54, 1.807) is 4.90 Å². The van der Waals surface area contributed by atoms with Crippen molar-refractivity contribution in [1.29, 1.82) is 0 Å². The third-order valence-corrected chi connectivity index (χ3v) is 4.47. The van der Waals surface area contributed by atoms with Gasteiger partial charge in [0.1, 0.15) is 0 Å². The Labute approximate surface area is 120 Å². The maximum Gasteiger partial charge on any atom is 0.407 e. The van der Waals surface area contributed by atoms with Crippen LogP contribution < -0.4 is 0 Å². The molecule has 6 heteroatoms. The van der Waals surface area contributed by atoms with E-state index in [0.717, 1.165) is 38.6 Å². The van der Waals surface area contributed by atoms with Crippen LogP contribution in [0.4, 0.5) is 4.79 Å². The summed E-state index contributed by atoms with van der Waals surface area (Å²) in [6.07, 6.45) is 4.01. The molecule has 0 aromatic heterocycles. The topological polar surface area (TPSA) is 64.1 Å². The van der Waals surface area contributed by atoms with Crippen LogP contribution in [0.5, 0.6) is 0 Å². The van der Waals surface area contributed by atoms with Crippen molar-refractivity contribution in [2.24, 2.45) is 0 Å². The molecule has 20 heavy (non-hydrogen) atoms. The smallest absolute Gasteiger partial charge is 0.407 e. The largest absolute Gasteiger partial charge is 0.465 e. The van der Waals surface area contributed by atoms with Gasteiger partial charge >= 0.3 is 6.09 Å². The van der Waals surface area contributed by atoms with E-state index >= 15 is 0 Å². The molecule has 1 N–H and O–H groups in total. The number of hydrogen-bond acceptors (Lipinski definition) is 3. The molecular weight excluding hydrogens is 258 g/mol. The number of hydrogen-bond donors (Lipinski definition) is 1. The van der Waals surface area contributed by atoms with Crippen molar-refractivity contribution < 1.29 is 14.7 Å². The second kappa shape index (κ2) is 6.43. The van der Waals surface area contributed by atoms with Crippen LogP contribution in [0, 0.1) is 0 Å². The van der Waals surface area contributed by atoms with Gasteiger partial charge in [0.05, 0.1) is 6.04 Å². The number of carbonyl (C=O) groups excluding carboxylic acids is 1. The van der Waals surface area contributed by atoms with Gasteiger partial charge in [0.15, 0.2) is 0 Å². The Bertz CT molecular complexity index is 365. The van der Waals surface area contributed by atoms with Crippen LogP contribution in [0.15, 0.2) is 0 Å². The van der Waals surface area contributed by atoms with Gasteiger partial charge in [-0.1, -0.05) is 6.42 Å². The predicted octanol–water partition coefficient (Wildman–Crippen LogP) is 1.07. The minimum atomic E-state index is -0.831. The van der Waals surface area contributed by atoms with Gasteiger partial charge in [0, 0.05) is 33.2 Å². The van der Waals surface area contributed by atoms with E-state index in [2.05, 4.69) is 4.90 Å². The predicted molar refractivity (Wildman–Crippen MR) is 75.7 cm³/mol. The average molecular weight is 283 g/mol. The van der Waals surface area contributed by atoms with Crippen molar-refractivity contribution in [1.82, 2.24) is 14.7 Å². The van der Waals surface area contributed by atoms with Crippen LogP contribution >= 0.6 is 0 Å². The van der Waals surface area contributed by atoms with E-state index in [1.807, 2.05) is 14.1 Å². The molecule has 0 aromatic carbocycles. The number of carboxylic acid groups (broad SMARTS) is 1. The lowest BCUT2D eigenvalue weighted by Gasteiger charge is -2.44. The van der Waals surface area contributed by atoms with Gasteiger partial charge in [-0.25, -0.2) is 4.79 Å². The first-order chi connectivity index (χ1) is 9.50. The molecule has 0 spiro atoms. The summed E-state index contributed by atoms with van der Waals surface area (Å²) < 4.78 is 0. The normalized spacial score (nSPS) is 25.5. The second-order valence-corrected chi connectivity index (χ2v) is 5.98. The fraction of sp³-hybridized carbons (Fsp3) is 0.857. The monoisotopic (exact) mass is 283 g/mol. The standard InChI is InChI=1S/C14H25N3O3/c1-15(2)13(18)12-5-3-4-8-17(12)11-6-9-16(10-7-11)14(19)20/h11-12H,3-10H2,1-2H3,(H,19,20)/t12-/m1/s1. The van der Waals surface area contributed by atoms with Crippen LogP contribution in [0.2, 0.25) is 0 Å². The van der Waals surface area contributed by atoms with Gasteiger partial charge < -0.3 is 14.9 Å². The molecule has 0 bridgehead atoms. The van der Waals surface area contributed by atoms with E-state index in [4.69, 9.17) is 5.11 Å². The van der Waals surface area contributed by atoms with Gasteiger partial charge in [-0.05, 0) is 32.2 Å². The number of piperidine rings is 2. The Hall–Kier alpha value is -1.30. The molecule has 0 aliphatic carbocycles. The quantitative estimate of drug-likeness (QED) is 0.823. The molecule has 1 atom stereocenters. The molecule has 2 heterocycles. The van der Waals surface area contributed by atoms with Crippen LogP contribution in [0.3, 0.4) is 0 Å². The molecule has 6 nitrogen and oxygen atoms in total. The Kier molecular flexibility index (Phi) is 4.86. The van der Waals surface area contributed by atoms with E-state index in [1.165, 1.54) is 4.90 Å². The molecule has 0 unspecified atom stereocenters. The van der Waals surface area contributed by atoms with Crippen molar-refractivity contribution in [2.45, 2.75) is 44.2 Å². The second-order valence-electron chi connectivity index (χ2n) is 5.98. The third kappa shape index (κ3) is 3.23. The Morgan fingerprint density at radius 2 is 1.70 bits per heavy atom. The van der Waals surface area contributed by atoms with E-state index in [9.17, 15) is 9.59 Å². The van der Waals surface area contributed by atoms with Crippen molar-refractivity contribution in [3.05, 3.63) is 0 Å². The zero-order chi connectivity index (χ0) is 14.7. The van der Waals surface area contributed by atoms with Crippen LogP contribution in [0.1, 0.15) is 32.1 Å². The van der Waals surface area contributed by atoms with Crippen molar-refractivity contribution in [3.8, 4) is 0 Å². The van der Waals surface area contributed by atoms with Gasteiger partial charge in [-0.15, -0.1) is 0 Å². The Balaban J connectivity index is 1.99. The summed E-state index contributed by atoms with van der Waals surface area (Å²) in [5.41, 5.74) is 0. The fourth-order valence-electron chi connectivity index (χ4n) is 3.34. The summed E-state index contributed by atoms with van der Waals surface area (Å²) in [5, 5.41) is 9.00. The molecule has 2 amide bonds. The van der Waals surface area contributed by atoms with Crippen molar-refractivity contribution >= 4 is 12.0 Å². The highest BCUT2D eigenvalue weighted by Crippen LogP contribution is 2.26. The number of rotatable bonds is 2. The van der Waals surface area contributed by atoms with Crippen LogP contribution in [-0.4, -0.2) is 77.6 Å². The average Bonchev–Trinajstić information content (AvgIpc) is 2.46. The van der Waals surface area contributed by atoms with E-state index < -0.39 is 6.09 Å². The highest BCUT2D eigenvalue weighted by molar-refractivity contribution is 5.81. The Morgan fingerprint density at radius 1 is 1.05 bits per heavy atom. The minimum Gasteiger partial charge on any atom is -0.465 e. The number of amides is 2. The summed E-state index contributed by atoms with van der Waals surface area (Å²) in [6, 6.07) is 0.333. The van der Waals surface area contributed by atoms with Crippen molar-refractivity contribution in [2.75, 3.05) is 33.7 Å². The maximum absolute atomic E-state index is 12.3. The van der Waals surface area contributed by atoms with Crippen molar-refractivity contribution in [3.63, 3.8) is 0 Å². The number of likely N-dealkylation sites (tertiary alicyclic amines) is 2. The molecule has 0 radical (unpaired) electrons.